The Morgan fingerprint density at radius 2 is 1.82 bits per heavy atom. The van der Waals surface area contributed by atoms with Gasteiger partial charge in [0.1, 0.15) is 23.4 Å². The smallest absolute Gasteiger partial charge is 0.490 e. The fourth-order valence-corrected chi connectivity index (χ4v) is 4.78. The zero-order valence-electron chi connectivity index (χ0n) is 21.2. The molecule has 9 nitrogen and oxygen atoms in total. The third kappa shape index (κ3) is 9.24. The molecule has 2 aliphatic rings. The van der Waals surface area contributed by atoms with E-state index in [0.29, 0.717) is 23.9 Å². The highest BCUT2D eigenvalue weighted by Gasteiger charge is 2.38. The second-order valence-electron chi connectivity index (χ2n) is 9.54. The number of amides is 1. The normalized spacial score (nSPS) is 17.9. The number of aromatic hydroxyl groups is 1. The lowest BCUT2D eigenvalue weighted by atomic mass is 10.0. The minimum atomic E-state index is -5.08. The highest BCUT2D eigenvalue weighted by atomic mass is 35.5. The number of carbonyl (C=O) groups excluding carboxylic acids is 1. The molecule has 2 aromatic carbocycles. The van der Waals surface area contributed by atoms with Crippen LogP contribution in [0.15, 0.2) is 30.3 Å². The van der Waals surface area contributed by atoms with E-state index in [1.54, 1.807) is 18.2 Å². The predicted molar refractivity (Wildman–Crippen MR) is 136 cm³/mol. The molecule has 40 heavy (non-hydrogen) atoms. The number of nitrogens with one attached hydrogen (secondary N) is 1. The van der Waals surface area contributed by atoms with E-state index in [1.165, 1.54) is 12.1 Å². The Hall–Kier alpha value is -3.10. The quantitative estimate of drug-likeness (QED) is 0.392. The van der Waals surface area contributed by atoms with E-state index >= 15 is 0 Å². The fraction of sp³-hybridized carbons (Fsp3) is 0.440. The number of sulfonamides is 1. The number of phenols is 1. The van der Waals surface area contributed by atoms with Crippen LogP contribution in [0.5, 0.6) is 11.5 Å². The number of hydrogen-bond donors (Lipinski definition) is 3. The molecule has 0 aromatic heterocycles. The second-order valence-corrected chi connectivity index (χ2v) is 11.7. The number of carboxylic acid groups (broad SMARTS) is 1. The maximum atomic E-state index is 14.8. The molecule has 0 bridgehead atoms. The Morgan fingerprint density at radius 3 is 2.40 bits per heavy atom. The Morgan fingerprint density at radius 1 is 1.18 bits per heavy atom. The van der Waals surface area contributed by atoms with Crippen LogP contribution in [0, 0.1) is 5.82 Å². The van der Waals surface area contributed by atoms with Gasteiger partial charge in [0, 0.05) is 29.7 Å². The van der Waals surface area contributed by atoms with Crippen LogP contribution in [0.2, 0.25) is 5.02 Å². The van der Waals surface area contributed by atoms with Crippen molar-refractivity contribution >= 4 is 33.5 Å². The van der Waals surface area contributed by atoms with Gasteiger partial charge in [-0.2, -0.15) is 13.2 Å². The molecule has 1 saturated carbocycles. The highest BCUT2D eigenvalue weighted by molar-refractivity contribution is 7.89. The third-order valence-electron chi connectivity index (χ3n) is 6.07. The third-order valence-corrected chi connectivity index (χ3v) is 6.86. The SMILES string of the molecule is CS(=O)(=O)NC(=O)c1cc(C2CC2)c(O[C@@H]2CCCN(Cc3cc(Cl)ccc3O)C2)cc1F.O=C(O)C(F)(F)F. The van der Waals surface area contributed by atoms with Crippen molar-refractivity contribution in [1.82, 2.24) is 9.62 Å². The fourth-order valence-electron chi connectivity index (χ4n) is 4.14. The van der Waals surface area contributed by atoms with E-state index in [2.05, 4.69) is 4.90 Å². The summed E-state index contributed by atoms with van der Waals surface area (Å²) in [6, 6.07) is 7.54. The number of carboxylic acids is 1. The molecule has 220 valence electrons. The van der Waals surface area contributed by atoms with Crippen molar-refractivity contribution < 1.29 is 50.5 Å². The summed E-state index contributed by atoms with van der Waals surface area (Å²) in [6.07, 6.45) is -0.949. The lowest BCUT2D eigenvalue weighted by Crippen LogP contribution is -2.40. The maximum absolute atomic E-state index is 14.8. The first-order valence-electron chi connectivity index (χ1n) is 12.1. The molecule has 2 aromatic rings. The number of piperidine rings is 1. The summed E-state index contributed by atoms with van der Waals surface area (Å²) < 4.78 is 77.3. The Bertz CT molecular complexity index is 1370. The first kappa shape index (κ1) is 31.4. The molecule has 1 aliphatic heterocycles. The first-order chi connectivity index (χ1) is 18.5. The maximum Gasteiger partial charge on any atom is 0.490 e. The minimum Gasteiger partial charge on any atom is -0.508 e. The summed E-state index contributed by atoms with van der Waals surface area (Å²) in [7, 11) is -3.81. The van der Waals surface area contributed by atoms with Gasteiger partial charge in [-0.15, -0.1) is 0 Å². The topological polar surface area (TPSA) is 133 Å². The average Bonchev–Trinajstić information content (AvgIpc) is 3.66. The van der Waals surface area contributed by atoms with E-state index in [9.17, 15) is 35.9 Å². The lowest BCUT2D eigenvalue weighted by molar-refractivity contribution is -0.192. The van der Waals surface area contributed by atoms with Gasteiger partial charge in [-0.1, -0.05) is 11.6 Å². The predicted octanol–water partition coefficient (Wildman–Crippen LogP) is 4.43. The van der Waals surface area contributed by atoms with E-state index in [4.69, 9.17) is 26.2 Å². The summed E-state index contributed by atoms with van der Waals surface area (Å²) in [5.74, 6) is -3.84. The molecule has 1 atom stereocenters. The van der Waals surface area contributed by atoms with Crippen LogP contribution < -0.4 is 9.46 Å². The minimum absolute atomic E-state index is 0.161. The number of alkyl halides is 3. The van der Waals surface area contributed by atoms with Crippen LogP contribution in [-0.2, 0) is 21.4 Å². The number of ether oxygens (including phenoxy) is 1. The van der Waals surface area contributed by atoms with Gasteiger partial charge in [0.2, 0.25) is 10.0 Å². The summed E-state index contributed by atoms with van der Waals surface area (Å²) in [5.41, 5.74) is 1.14. The molecule has 1 aliphatic carbocycles. The Balaban J connectivity index is 0.000000559. The van der Waals surface area contributed by atoms with E-state index < -0.39 is 33.9 Å². The number of carbonyl (C=O) groups is 2. The van der Waals surface area contributed by atoms with Crippen LogP contribution in [0.25, 0.3) is 0 Å². The summed E-state index contributed by atoms with van der Waals surface area (Å²) >= 11 is 6.06. The molecular formula is C25H27ClF4N2O7S. The molecule has 0 unspecified atom stereocenters. The van der Waals surface area contributed by atoms with Gasteiger partial charge in [-0.05, 0) is 68.0 Å². The van der Waals surface area contributed by atoms with Gasteiger partial charge in [0.05, 0.1) is 11.8 Å². The van der Waals surface area contributed by atoms with E-state index in [-0.39, 0.29) is 23.3 Å². The number of likely N-dealkylation sites (tertiary alicyclic amines) is 1. The van der Waals surface area contributed by atoms with Gasteiger partial charge in [-0.25, -0.2) is 22.3 Å². The molecule has 4 rings (SSSR count). The standard InChI is InChI=1S/C23H26ClFN2O5S.C2HF3O2/c1-33(30,31)26-23(29)19-10-18(14-4-5-14)22(11-20(19)25)32-17-3-2-8-27(13-17)12-15-9-16(24)6-7-21(15)28;3-2(4,5)1(6)7/h6-7,9-11,14,17,28H,2-5,8,12-13H2,1H3,(H,26,29);(H,6,7)/t17-;/m1./s1. The largest absolute Gasteiger partial charge is 0.508 e. The number of benzene rings is 2. The van der Waals surface area contributed by atoms with Crippen molar-refractivity contribution in [2.24, 2.45) is 0 Å². The molecule has 1 amide bonds. The second kappa shape index (κ2) is 12.6. The number of rotatable bonds is 7. The number of hydrogen-bond acceptors (Lipinski definition) is 7. The van der Waals surface area contributed by atoms with Gasteiger partial charge < -0.3 is 14.9 Å². The van der Waals surface area contributed by atoms with Crippen LogP contribution in [0.3, 0.4) is 0 Å². The lowest BCUT2D eigenvalue weighted by Gasteiger charge is -2.33. The van der Waals surface area contributed by atoms with Gasteiger partial charge in [-0.3, -0.25) is 9.69 Å². The molecule has 0 spiro atoms. The van der Waals surface area contributed by atoms with Gasteiger partial charge >= 0.3 is 12.1 Å². The van der Waals surface area contributed by atoms with Crippen molar-refractivity contribution in [3.05, 3.63) is 57.9 Å². The number of halogens is 5. The van der Waals surface area contributed by atoms with Crippen molar-refractivity contribution in [1.29, 1.82) is 0 Å². The van der Waals surface area contributed by atoms with Gasteiger partial charge in [0.25, 0.3) is 5.91 Å². The highest BCUT2D eigenvalue weighted by Crippen LogP contribution is 2.45. The molecule has 3 N–H and O–H groups in total. The van der Waals surface area contributed by atoms with Gasteiger partial charge in [0.15, 0.2) is 0 Å². The van der Waals surface area contributed by atoms with E-state index in [1.807, 2.05) is 4.72 Å². The molecule has 2 fully saturated rings. The van der Waals surface area contributed by atoms with Crippen LogP contribution in [-0.4, -0.2) is 67.0 Å². The average molecular weight is 611 g/mol. The Labute approximate surface area is 232 Å². The molecular weight excluding hydrogens is 584 g/mol. The monoisotopic (exact) mass is 610 g/mol. The molecule has 0 radical (unpaired) electrons. The first-order valence-corrected chi connectivity index (χ1v) is 14.3. The summed E-state index contributed by atoms with van der Waals surface area (Å²) in [4.78, 5) is 23.3. The van der Waals surface area contributed by atoms with Crippen molar-refractivity contribution in [2.75, 3.05) is 19.3 Å². The number of aliphatic carboxylic acids is 1. The van der Waals surface area contributed by atoms with Crippen LogP contribution >= 0.6 is 11.6 Å². The number of phenolic OH excluding ortho intramolecular Hbond substituents is 1. The van der Waals surface area contributed by atoms with Crippen LogP contribution in [0.4, 0.5) is 17.6 Å². The summed E-state index contributed by atoms with van der Waals surface area (Å²) in [5, 5.41) is 17.8. The molecule has 15 heteroatoms. The zero-order chi connectivity index (χ0) is 29.8. The van der Waals surface area contributed by atoms with E-state index in [0.717, 1.165) is 49.6 Å². The van der Waals surface area contributed by atoms with Crippen molar-refractivity contribution in [3.63, 3.8) is 0 Å². The number of nitrogens with zero attached hydrogens (tertiary/aromatic N) is 1. The van der Waals surface area contributed by atoms with Crippen molar-refractivity contribution in [3.8, 4) is 11.5 Å². The zero-order valence-corrected chi connectivity index (χ0v) is 22.7. The molecule has 1 saturated heterocycles. The van der Waals surface area contributed by atoms with Crippen LogP contribution in [0.1, 0.15) is 53.1 Å². The van der Waals surface area contributed by atoms with Crippen molar-refractivity contribution in [2.45, 2.75) is 50.4 Å². The Kier molecular flexibility index (Phi) is 9.90. The molecule has 1 heterocycles. The summed E-state index contributed by atoms with van der Waals surface area (Å²) in [6.45, 7) is 1.94.